The van der Waals surface area contributed by atoms with Crippen LogP contribution in [0.5, 0.6) is 11.5 Å². The summed E-state index contributed by atoms with van der Waals surface area (Å²) in [6, 6.07) is 10.1. The Morgan fingerprint density at radius 1 is 1.08 bits per heavy atom. The van der Waals surface area contributed by atoms with Gasteiger partial charge in [-0.05, 0) is 35.9 Å². The molecule has 194 valence electrons. The number of rotatable bonds is 7. The summed E-state index contributed by atoms with van der Waals surface area (Å²) in [5, 5.41) is 15.3. The van der Waals surface area contributed by atoms with Crippen molar-refractivity contribution in [2.75, 3.05) is 10.0 Å². The molecule has 0 aliphatic heterocycles. The minimum atomic E-state index is -4.50. The molecule has 5 aromatic rings. The second-order valence-electron chi connectivity index (χ2n) is 7.48. The number of carbonyl (C=O) groups is 1. The number of carboxylic acid groups (broad SMARTS) is 1. The van der Waals surface area contributed by atoms with Crippen LogP contribution in [0.4, 0.5) is 24.5 Å². The van der Waals surface area contributed by atoms with Gasteiger partial charge in [0.25, 0.3) is 10.0 Å². The molecule has 3 aromatic carbocycles. The van der Waals surface area contributed by atoms with Crippen molar-refractivity contribution in [3.8, 4) is 22.6 Å². The molecule has 5 rings (SSSR count). The number of halogens is 3. The van der Waals surface area contributed by atoms with Crippen molar-refractivity contribution < 1.29 is 36.4 Å². The van der Waals surface area contributed by atoms with E-state index in [9.17, 15) is 22.0 Å². The number of nitrogens with one attached hydrogen (secondary N) is 2. The van der Waals surface area contributed by atoms with Gasteiger partial charge < -0.3 is 14.4 Å². The molecule has 0 atom stereocenters. The number of sulfonamides is 1. The van der Waals surface area contributed by atoms with Crippen LogP contribution in [0, 0.1) is 11.6 Å². The molecule has 2 heterocycles. The SMILES string of the molecule is O=C(O)Nc1noc2ccc(-c3cc(Cl)ccc3Oc3cc(F)c(S(=O)(=O)Nc4ncns4)cc3F)cc12. The minimum absolute atomic E-state index is 0.0406. The maximum Gasteiger partial charge on any atom is 0.410 e. The number of anilines is 2. The smallest absolute Gasteiger partial charge is 0.410 e. The van der Waals surface area contributed by atoms with Crippen LogP contribution in [-0.4, -0.2) is 34.1 Å². The molecule has 38 heavy (non-hydrogen) atoms. The lowest BCUT2D eigenvalue weighted by Crippen LogP contribution is -2.15. The number of hydrogen-bond donors (Lipinski definition) is 3. The second-order valence-corrected chi connectivity index (χ2v) is 10.3. The normalized spacial score (nSPS) is 11.4. The molecule has 0 fully saturated rings. The van der Waals surface area contributed by atoms with E-state index in [1.54, 1.807) is 12.1 Å². The van der Waals surface area contributed by atoms with Crippen LogP contribution < -0.4 is 14.8 Å². The van der Waals surface area contributed by atoms with Crippen LogP contribution in [0.1, 0.15) is 0 Å². The van der Waals surface area contributed by atoms with Crippen molar-refractivity contribution in [2.45, 2.75) is 4.90 Å². The summed E-state index contributed by atoms with van der Waals surface area (Å²) in [5.74, 6) is -3.04. The van der Waals surface area contributed by atoms with Crippen molar-refractivity contribution >= 4 is 61.2 Å². The lowest BCUT2D eigenvalue weighted by molar-refractivity contribution is 0.209. The Kier molecular flexibility index (Phi) is 6.56. The molecule has 0 unspecified atom stereocenters. The highest BCUT2D eigenvalue weighted by Crippen LogP contribution is 2.39. The van der Waals surface area contributed by atoms with Gasteiger partial charge in [-0.15, -0.1) is 0 Å². The molecule has 2 aromatic heterocycles. The van der Waals surface area contributed by atoms with Gasteiger partial charge in [0.1, 0.15) is 22.8 Å². The van der Waals surface area contributed by atoms with E-state index in [1.807, 2.05) is 4.72 Å². The van der Waals surface area contributed by atoms with Gasteiger partial charge in [0.15, 0.2) is 23.0 Å². The van der Waals surface area contributed by atoms with Gasteiger partial charge in [0.05, 0.1) is 5.39 Å². The zero-order valence-corrected chi connectivity index (χ0v) is 20.9. The third kappa shape index (κ3) is 5.06. The number of hydrogen-bond acceptors (Lipinski definition) is 9. The summed E-state index contributed by atoms with van der Waals surface area (Å²) in [6.07, 6.45) is -0.247. The summed E-state index contributed by atoms with van der Waals surface area (Å²) >= 11 is 6.88. The maximum absolute atomic E-state index is 15.0. The lowest BCUT2D eigenvalue weighted by atomic mass is 10.0. The number of ether oxygens (including phenoxy) is 1. The summed E-state index contributed by atoms with van der Waals surface area (Å²) in [5.41, 5.74) is 1.07. The Hall–Kier alpha value is -4.34. The predicted octanol–water partition coefficient (Wildman–Crippen LogP) is 5.96. The Bertz CT molecular complexity index is 1800. The van der Waals surface area contributed by atoms with Crippen LogP contribution in [0.25, 0.3) is 22.1 Å². The topological polar surface area (TPSA) is 157 Å². The Morgan fingerprint density at radius 3 is 2.63 bits per heavy atom. The van der Waals surface area contributed by atoms with Crippen molar-refractivity contribution in [3.05, 3.63) is 71.5 Å². The zero-order chi connectivity index (χ0) is 27.0. The summed E-state index contributed by atoms with van der Waals surface area (Å²) in [4.78, 5) is 13.8. The maximum atomic E-state index is 15.0. The van der Waals surface area contributed by atoms with Crippen LogP contribution in [0.3, 0.4) is 0 Å². The van der Waals surface area contributed by atoms with Gasteiger partial charge in [-0.1, -0.05) is 22.8 Å². The lowest BCUT2D eigenvalue weighted by Gasteiger charge is -2.14. The largest absolute Gasteiger partial charge is 0.465 e. The number of amides is 1. The minimum Gasteiger partial charge on any atom is -0.465 e. The molecule has 0 bridgehead atoms. The van der Waals surface area contributed by atoms with E-state index in [0.29, 0.717) is 28.6 Å². The molecule has 3 N–H and O–H groups in total. The van der Waals surface area contributed by atoms with E-state index in [2.05, 4.69) is 19.8 Å². The molecule has 1 amide bonds. The molecule has 11 nitrogen and oxygen atoms in total. The standard InChI is InChI=1S/C22H12ClF2N5O6S2/c23-11-2-4-16(12(6-11)10-1-3-17-13(5-10)20(29-36-17)28-22(31)32)35-18-7-15(25)19(8-14(18)24)38(33,34)30-21-26-9-27-37-21/h1-9H,(H,28,29)(H,31,32)(H,26,27,30). The molecule has 0 radical (unpaired) electrons. The van der Waals surface area contributed by atoms with E-state index in [-0.39, 0.29) is 27.3 Å². The van der Waals surface area contributed by atoms with Gasteiger partial charge in [-0.25, -0.2) is 27.0 Å². The van der Waals surface area contributed by atoms with Crippen molar-refractivity contribution in [3.63, 3.8) is 0 Å². The van der Waals surface area contributed by atoms with E-state index in [0.717, 1.165) is 17.9 Å². The molecule has 16 heteroatoms. The highest BCUT2D eigenvalue weighted by atomic mass is 35.5. The van der Waals surface area contributed by atoms with Crippen LogP contribution in [-0.2, 0) is 10.0 Å². The number of nitrogens with zero attached hydrogens (tertiary/aromatic N) is 3. The van der Waals surface area contributed by atoms with Crippen LogP contribution >= 0.6 is 23.1 Å². The van der Waals surface area contributed by atoms with Gasteiger partial charge >= 0.3 is 6.09 Å². The molecule has 0 saturated heterocycles. The highest BCUT2D eigenvalue weighted by Gasteiger charge is 2.24. The average molecular weight is 580 g/mol. The van der Waals surface area contributed by atoms with Gasteiger partial charge in [0, 0.05) is 34.3 Å². The van der Waals surface area contributed by atoms with E-state index in [4.69, 9.17) is 26.0 Å². The first-order valence-electron chi connectivity index (χ1n) is 10.3. The fraction of sp³-hybridized carbons (Fsp3) is 0. The first kappa shape index (κ1) is 25.3. The van der Waals surface area contributed by atoms with Crippen molar-refractivity contribution in [2.24, 2.45) is 0 Å². The van der Waals surface area contributed by atoms with Crippen LogP contribution in [0.2, 0.25) is 5.02 Å². The molecule has 0 spiro atoms. The monoisotopic (exact) mass is 579 g/mol. The van der Waals surface area contributed by atoms with Gasteiger partial charge in [-0.2, -0.15) is 4.37 Å². The third-order valence-corrected chi connectivity index (χ3v) is 7.33. The fourth-order valence-corrected chi connectivity index (χ4v) is 5.32. The highest BCUT2D eigenvalue weighted by molar-refractivity contribution is 7.93. The Labute approximate surface area is 220 Å². The van der Waals surface area contributed by atoms with Gasteiger partial charge in [-0.3, -0.25) is 10.0 Å². The predicted molar refractivity (Wildman–Crippen MR) is 133 cm³/mol. The second kappa shape index (κ2) is 9.85. The third-order valence-electron chi connectivity index (χ3n) is 5.03. The summed E-state index contributed by atoms with van der Waals surface area (Å²) in [7, 11) is -4.50. The Morgan fingerprint density at radius 2 is 1.89 bits per heavy atom. The number of fused-ring (bicyclic) bond motifs is 1. The number of benzene rings is 3. The van der Waals surface area contributed by atoms with E-state index >= 15 is 0 Å². The van der Waals surface area contributed by atoms with Gasteiger partial charge in [0.2, 0.25) is 5.13 Å². The first-order valence-corrected chi connectivity index (χ1v) is 12.9. The average Bonchev–Trinajstić information content (AvgIpc) is 3.51. The summed E-state index contributed by atoms with van der Waals surface area (Å²) < 4.78 is 71.2. The van der Waals surface area contributed by atoms with E-state index in [1.165, 1.54) is 24.3 Å². The molecule has 0 aliphatic rings. The van der Waals surface area contributed by atoms with Crippen molar-refractivity contribution in [1.29, 1.82) is 0 Å². The molecular weight excluding hydrogens is 568 g/mol. The zero-order valence-electron chi connectivity index (χ0n) is 18.5. The van der Waals surface area contributed by atoms with Crippen LogP contribution in [0.15, 0.2) is 64.3 Å². The summed E-state index contributed by atoms with van der Waals surface area (Å²) in [6.45, 7) is 0. The Balaban J connectivity index is 1.51. The molecular formula is C22H12ClF2N5O6S2. The molecule has 0 aliphatic carbocycles. The molecule has 0 saturated carbocycles. The fourth-order valence-electron chi connectivity index (χ4n) is 3.42. The van der Waals surface area contributed by atoms with E-state index < -0.39 is 38.4 Å². The first-order chi connectivity index (χ1) is 18.1. The number of aromatic nitrogens is 3. The quantitative estimate of drug-likeness (QED) is 0.211. The van der Waals surface area contributed by atoms with Crippen molar-refractivity contribution in [1.82, 2.24) is 14.5 Å².